The Morgan fingerprint density at radius 1 is 0.920 bits per heavy atom. The number of halogens is 1. The molecule has 0 fully saturated rings. The largest absolute Gasteiger partial charge is 0.279 e. The first-order chi connectivity index (χ1) is 11.9. The summed E-state index contributed by atoms with van der Waals surface area (Å²) in [5.74, 6) is 0. The molecule has 0 heterocycles. The van der Waals surface area contributed by atoms with Crippen LogP contribution in [0.3, 0.4) is 0 Å². The summed E-state index contributed by atoms with van der Waals surface area (Å²) < 4.78 is 27.3. The zero-order valence-electron chi connectivity index (χ0n) is 13.5. The van der Waals surface area contributed by atoms with Crippen LogP contribution in [0.5, 0.6) is 0 Å². The average molecular weight is 374 g/mol. The lowest BCUT2D eigenvalue weighted by Gasteiger charge is -2.28. The molecule has 0 aliphatic rings. The Labute approximate surface area is 151 Å². The van der Waals surface area contributed by atoms with Crippen molar-refractivity contribution in [2.24, 2.45) is 0 Å². The van der Waals surface area contributed by atoms with Gasteiger partial charge in [0.15, 0.2) is 0 Å². The van der Waals surface area contributed by atoms with Crippen LogP contribution in [-0.4, -0.2) is 19.7 Å². The topological polar surface area (TPSA) is 54.5 Å². The molecule has 1 atom stereocenters. The summed E-state index contributed by atoms with van der Waals surface area (Å²) >= 11 is 5.64. The summed E-state index contributed by atoms with van der Waals surface area (Å²) in [4.78, 5) is 11.9. The van der Waals surface area contributed by atoms with E-state index in [9.17, 15) is 13.2 Å². The predicted molar refractivity (Wildman–Crippen MR) is 100 cm³/mol. The van der Waals surface area contributed by atoms with Gasteiger partial charge in [-0.05, 0) is 53.6 Å². The van der Waals surface area contributed by atoms with Gasteiger partial charge in [0.2, 0.25) is 5.24 Å². The molecule has 0 saturated carbocycles. The minimum Gasteiger partial charge on any atom is -0.279 e. The molecule has 0 aliphatic heterocycles. The lowest BCUT2D eigenvalue weighted by atomic mass is 10.1. The molecule has 0 radical (unpaired) electrons. The first-order valence-electron chi connectivity index (χ1n) is 7.69. The van der Waals surface area contributed by atoms with Gasteiger partial charge in [0.05, 0.1) is 10.6 Å². The summed E-state index contributed by atoms with van der Waals surface area (Å²) in [6, 6.07) is 19.8. The summed E-state index contributed by atoms with van der Waals surface area (Å²) in [6.07, 6.45) is 0. The van der Waals surface area contributed by atoms with Crippen LogP contribution in [0.15, 0.2) is 77.7 Å². The van der Waals surface area contributed by atoms with Gasteiger partial charge in [0.1, 0.15) is 6.04 Å². The number of fused-ring (bicyclic) bond motifs is 1. The Morgan fingerprint density at radius 2 is 1.52 bits per heavy atom. The summed E-state index contributed by atoms with van der Waals surface area (Å²) in [5, 5.41) is 1.11. The van der Waals surface area contributed by atoms with E-state index < -0.39 is 21.3 Å². The van der Waals surface area contributed by atoms with E-state index in [0.717, 1.165) is 15.1 Å². The van der Waals surface area contributed by atoms with Gasteiger partial charge in [-0.2, -0.15) is 0 Å². The van der Waals surface area contributed by atoms with Crippen molar-refractivity contribution in [1.82, 2.24) is 0 Å². The Kier molecular flexibility index (Phi) is 4.79. The lowest BCUT2D eigenvalue weighted by Crippen LogP contribution is -2.42. The van der Waals surface area contributed by atoms with Crippen molar-refractivity contribution in [3.05, 3.63) is 72.8 Å². The highest BCUT2D eigenvalue weighted by atomic mass is 35.5. The normalized spacial score (nSPS) is 12.7. The molecular formula is C19H16ClNO3S. The van der Waals surface area contributed by atoms with E-state index in [0.29, 0.717) is 5.69 Å². The maximum absolute atomic E-state index is 13.1. The zero-order chi connectivity index (χ0) is 18.0. The molecule has 6 heteroatoms. The van der Waals surface area contributed by atoms with E-state index in [4.69, 9.17) is 11.6 Å². The average Bonchev–Trinajstić information content (AvgIpc) is 2.62. The smallest absolute Gasteiger partial charge is 0.265 e. The molecule has 0 amide bonds. The van der Waals surface area contributed by atoms with Crippen LogP contribution in [-0.2, 0) is 14.8 Å². The highest BCUT2D eigenvalue weighted by Gasteiger charge is 2.32. The van der Waals surface area contributed by atoms with Gasteiger partial charge in [-0.3, -0.25) is 9.10 Å². The molecule has 0 spiro atoms. The SMILES string of the molecule is CC(C(=O)Cl)N(c1ccc2ccccc2c1)S(=O)(=O)c1ccccc1. The number of hydrogen-bond acceptors (Lipinski definition) is 3. The number of benzene rings is 3. The van der Waals surface area contributed by atoms with Crippen LogP contribution in [0.2, 0.25) is 0 Å². The third kappa shape index (κ3) is 3.38. The fraction of sp³-hybridized carbons (Fsp3) is 0.105. The number of nitrogens with zero attached hydrogens (tertiary/aromatic N) is 1. The van der Waals surface area contributed by atoms with E-state index in [2.05, 4.69) is 0 Å². The second-order valence-electron chi connectivity index (χ2n) is 5.63. The molecule has 25 heavy (non-hydrogen) atoms. The molecule has 4 nitrogen and oxygen atoms in total. The Morgan fingerprint density at radius 3 is 2.16 bits per heavy atom. The van der Waals surface area contributed by atoms with E-state index in [1.807, 2.05) is 30.3 Å². The standard InChI is InChI=1S/C19H16ClNO3S/c1-14(19(20)22)21(25(23,24)18-9-3-2-4-10-18)17-12-11-15-7-5-6-8-16(15)13-17/h2-14H,1H3. The molecule has 3 aromatic carbocycles. The number of carbonyl (C=O) groups excluding carboxylic acids is 1. The Bertz CT molecular complexity index is 1020. The first kappa shape index (κ1) is 17.5. The van der Waals surface area contributed by atoms with Crippen molar-refractivity contribution in [2.45, 2.75) is 17.9 Å². The fourth-order valence-electron chi connectivity index (χ4n) is 2.68. The van der Waals surface area contributed by atoms with Crippen LogP contribution in [0.4, 0.5) is 5.69 Å². The summed E-state index contributed by atoms with van der Waals surface area (Å²) in [7, 11) is -3.94. The highest BCUT2D eigenvalue weighted by Crippen LogP contribution is 2.29. The molecule has 0 bridgehead atoms. The zero-order valence-corrected chi connectivity index (χ0v) is 15.0. The van der Waals surface area contributed by atoms with Gasteiger partial charge in [-0.25, -0.2) is 8.42 Å². The maximum Gasteiger partial charge on any atom is 0.265 e. The van der Waals surface area contributed by atoms with Crippen LogP contribution >= 0.6 is 11.6 Å². The Balaban J connectivity index is 2.19. The van der Waals surface area contributed by atoms with Gasteiger partial charge in [-0.15, -0.1) is 0 Å². The van der Waals surface area contributed by atoms with E-state index in [-0.39, 0.29) is 4.90 Å². The van der Waals surface area contributed by atoms with Crippen molar-refractivity contribution < 1.29 is 13.2 Å². The number of hydrogen-bond donors (Lipinski definition) is 0. The molecule has 3 aromatic rings. The van der Waals surface area contributed by atoms with Gasteiger partial charge in [0, 0.05) is 0 Å². The van der Waals surface area contributed by atoms with E-state index >= 15 is 0 Å². The van der Waals surface area contributed by atoms with Crippen molar-refractivity contribution in [1.29, 1.82) is 0 Å². The monoisotopic (exact) mass is 373 g/mol. The number of rotatable bonds is 5. The van der Waals surface area contributed by atoms with Crippen LogP contribution in [0.25, 0.3) is 10.8 Å². The van der Waals surface area contributed by atoms with Crippen molar-refractivity contribution >= 4 is 43.3 Å². The first-order valence-corrected chi connectivity index (χ1v) is 9.51. The quantitative estimate of drug-likeness (QED) is 0.630. The molecule has 0 N–H and O–H groups in total. The third-order valence-corrected chi connectivity index (χ3v) is 6.20. The molecule has 0 aliphatic carbocycles. The van der Waals surface area contributed by atoms with Gasteiger partial charge in [-0.1, -0.05) is 48.5 Å². The number of sulfonamides is 1. The van der Waals surface area contributed by atoms with Crippen LogP contribution < -0.4 is 4.31 Å². The second-order valence-corrected chi connectivity index (χ2v) is 7.81. The van der Waals surface area contributed by atoms with Crippen LogP contribution in [0.1, 0.15) is 6.92 Å². The number of anilines is 1. The van der Waals surface area contributed by atoms with Gasteiger partial charge < -0.3 is 0 Å². The minimum atomic E-state index is -3.94. The van der Waals surface area contributed by atoms with Gasteiger partial charge >= 0.3 is 0 Å². The lowest BCUT2D eigenvalue weighted by molar-refractivity contribution is -0.112. The van der Waals surface area contributed by atoms with Crippen LogP contribution in [0, 0.1) is 0 Å². The van der Waals surface area contributed by atoms with Gasteiger partial charge in [0.25, 0.3) is 10.0 Å². The highest BCUT2D eigenvalue weighted by molar-refractivity contribution is 7.93. The molecule has 3 rings (SSSR count). The van der Waals surface area contributed by atoms with E-state index in [1.54, 1.807) is 30.3 Å². The van der Waals surface area contributed by atoms with Crippen molar-refractivity contribution in [2.75, 3.05) is 4.31 Å². The molecule has 1 unspecified atom stereocenters. The molecular weight excluding hydrogens is 358 g/mol. The second kappa shape index (κ2) is 6.86. The summed E-state index contributed by atoms with van der Waals surface area (Å²) in [6.45, 7) is 1.48. The summed E-state index contributed by atoms with van der Waals surface area (Å²) in [5.41, 5.74) is 0.393. The fourth-order valence-corrected chi connectivity index (χ4v) is 4.47. The maximum atomic E-state index is 13.1. The van der Waals surface area contributed by atoms with E-state index in [1.165, 1.54) is 19.1 Å². The van der Waals surface area contributed by atoms with Crippen molar-refractivity contribution in [3.8, 4) is 0 Å². The predicted octanol–water partition coefficient (Wildman–Crippen LogP) is 4.19. The number of carbonyl (C=O) groups is 1. The molecule has 0 saturated heterocycles. The minimum absolute atomic E-state index is 0.105. The van der Waals surface area contributed by atoms with Crippen molar-refractivity contribution in [3.63, 3.8) is 0 Å². The molecule has 0 aromatic heterocycles. The molecule has 128 valence electrons. The third-order valence-electron chi connectivity index (χ3n) is 3.97. The Hall–Kier alpha value is -2.37.